The van der Waals surface area contributed by atoms with E-state index in [9.17, 15) is 9.59 Å². The number of alkyl carbamates (subject to hydrolysis) is 1. The van der Waals surface area contributed by atoms with Crippen molar-refractivity contribution in [2.45, 2.75) is 45.9 Å². The Hall–Kier alpha value is -2.60. The molecule has 0 aliphatic carbocycles. The number of carbonyl (C=O) groups is 2. The van der Waals surface area contributed by atoms with Gasteiger partial charge in [-0.25, -0.2) is 4.79 Å². The van der Waals surface area contributed by atoms with Gasteiger partial charge >= 0.3 is 12.1 Å². The van der Waals surface area contributed by atoms with Crippen molar-refractivity contribution in [3.63, 3.8) is 0 Å². The molecular formula is C23H32N2O4. The third kappa shape index (κ3) is 6.75. The summed E-state index contributed by atoms with van der Waals surface area (Å²) >= 11 is 0. The maximum Gasteiger partial charge on any atom is 0.407 e. The van der Waals surface area contributed by atoms with Crippen molar-refractivity contribution in [2.24, 2.45) is 5.92 Å². The van der Waals surface area contributed by atoms with Crippen LogP contribution in [0, 0.1) is 5.92 Å². The monoisotopic (exact) mass is 400 g/mol. The highest BCUT2D eigenvalue weighted by molar-refractivity contribution is 5.85. The number of amides is 1. The number of methoxy groups -OCH3 is 1. The van der Waals surface area contributed by atoms with Crippen LogP contribution in [0.3, 0.4) is 0 Å². The molecule has 6 heteroatoms. The minimum atomic E-state index is -0.613. The van der Waals surface area contributed by atoms with E-state index in [0.29, 0.717) is 13.1 Å². The molecule has 0 aliphatic rings. The number of benzene rings is 2. The van der Waals surface area contributed by atoms with Crippen LogP contribution in [0.2, 0.25) is 0 Å². The third-order valence-electron chi connectivity index (χ3n) is 4.71. The molecule has 2 rings (SSSR count). The summed E-state index contributed by atoms with van der Waals surface area (Å²) in [7, 11) is 3.32. The van der Waals surface area contributed by atoms with Gasteiger partial charge in [0, 0.05) is 13.1 Å². The van der Waals surface area contributed by atoms with Gasteiger partial charge in [-0.15, -0.1) is 0 Å². The molecule has 158 valence electrons. The summed E-state index contributed by atoms with van der Waals surface area (Å²) in [5, 5.41) is 5.22. The molecular weight excluding hydrogens is 368 g/mol. The first kappa shape index (κ1) is 22.7. The number of esters is 1. The average Bonchev–Trinajstić information content (AvgIpc) is 2.65. The van der Waals surface area contributed by atoms with Gasteiger partial charge in [-0.3, -0.25) is 4.79 Å². The van der Waals surface area contributed by atoms with E-state index in [-0.39, 0.29) is 5.97 Å². The van der Waals surface area contributed by atoms with E-state index in [2.05, 4.69) is 34.5 Å². The smallest absolute Gasteiger partial charge is 0.407 e. The molecule has 1 amide bonds. The van der Waals surface area contributed by atoms with Crippen molar-refractivity contribution in [1.29, 1.82) is 0 Å². The van der Waals surface area contributed by atoms with Crippen LogP contribution in [0.5, 0.6) is 0 Å². The van der Waals surface area contributed by atoms with Crippen molar-refractivity contribution in [1.82, 2.24) is 10.2 Å². The molecule has 0 bridgehead atoms. The minimum absolute atomic E-state index is 0.371. The number of ether oxygens (including phenoxy) is 2. The van der Waals surface area contributed by atoms with Crippen molar-refractivity contribution in [2.75, 3.05) is 20.7 Å². The largest absolute Gasteiger partial charge is 0.469 e. The zero-order chi connectivity index (χ0) is 21.6. The second-order valence-corrected chi connectivity index (χ2v) is 8.40. The van der Waals surface area contributed by atoms with Crippen LogP contribution >= 0.6 is 0 Å². The van der Waals surface area contributed by atoms with Crippen molar-refractivity contribution >= 4 is 22.8 Å². The van der Waals surface area contributed by atoms with E-state index in [1.807, 2.05) is 25.2 Å². The number of hydrogen-bond acceptors (Lipinski definition) is 5. The summed E-state index contributed by atoms with van der Waals surface area (Å²) in [4.78, 5) is 26.5. The summed E-state index contributed by atoms with van der Waals surface area (Å²) in [6, 6.07) is 14.0. The van der Waals surface area contributed by atoms with Gasteiger partial charge in [0.25, 0.3) is 0 Å². The van der Waals surface area contributed by atoms with E-state index in [0.717, 1.165) is 0 Å². The Morgan fingerprint density at radius 1 is 1.10 bits per heavy atom. The van der Waals surface area contributed by atoms with Gasteiger partial charge in [-0.2, -0.15) is 0 Å². The van der Waals surface area contributed by atoms with Crippen molar-refractivity contribution < 1.29 is 19.1 Å². The van der Waals surface area contributed by atoms with Crippen LogP contribution in [0.15, 0.2) is 42.5 Å². The first-order valence-electron chi connectivity index (χ1n) is 9.83. The lowest BCUT2D eigenvalue weighted by molar-refractivity contribution is -0.145. The molecule has 0 saturated heterocycles. The number of carbonyl (C=O) groups excluding carboxylic acids is 2. The van der Waals surface area contributed by atoms with Gasteiger partial charge < -0.3 is 19.7 Å². The first-order chi connectivity index (χ1) is 13.6. The zero-order valence-electron chi connectivity index (χ0n) is 18.2. The number of nitrogens with zero attached hydrogens (tertiary/aromatic N) is 1. The minimum Gasteiger partial charge on any atom is -0.469 e. The summed E-state index contributed by atoms with van der Waals surface area (Å²) in [6.07, 6.45) is -0.545. The highest BCUT2D eigenvalue weighted by atomic mass is 16.6. The van der Waals surface area contributed by atoms with Crippen molar-refractivity contribution in [3.05, 3.63) is 48.0 Å². The van der Waals surface area contributed by atoms with Crippen LogP contribution < -0.4 is 5.32 Å². The summed E-state index contributed by atoms with van der Waals surface area (Å²) in [5.41, 5.74) is 0.574. The third-order valence-corrected chi connectivity index (χ3v) is 4.71. The van der Waals surface area contributed by atoms with E-state index in [1.165, 1.54) is 23.4 Å². The number of nitrogens with one attached hydrogen (secondary N) is 1. The maximum absolute atomic E-state index is 12.3. The number of hydrogen-bond donors (Lipinski definition) is 1. The van der Waals surface area contributed by atoms with Crippen LogP contribution in [0.4, 0.5) is 4.79 Å². The highest BCUT2D eigenvalue weighted by Crippen LogP contribution is 2.20. The molecule has 0 spiro atoms. The molecule has 0 heterocycles. The Bertz CT molecular complexity index is 839. The Kier molecular flexibility index (Phi) is 7.62. The number of fused-ring (bicyclic) bond motifs is 1. The Morgan fingerprint density at radius 2 is 1.76 bits per heavy atom. The molecule has 0 aliphatic heterocycles. The van der Waals surface area contributed by atoms with E-state index in [4.69, 9.17) is 9.47 Å². The Balaban J connectivity index is 2.14. The zero-order valence-corrected chi connectivity index (χ0v) is 18.2. The van der Waals surface area contributed by atoms with Gasteiger partial charge in [-0.1, -0.05) is 42.5 Å². The molecule has 6 nitrogen and oxygen atoms in total. The van der Waals surface area contributed by atoms with Crippen molar-refractivity contribution in [3.8, 4) is 0 Å². The van der Waals surface area contributed by atoms with Crippen LogP contribution in [0.1, 0.15) is 33.3 Å². The predicted molar refractivity (Wildman–Crippen MR) is 115 cm³/mol. The van der Waals surface area contributed by atoms with E-state index in [1.54, 1.807) is 27.7 Å². The predicted octanol–water partition coefficient (Wildman–Crippen LogP) is 3.97. The quantitative estimate of drug-likeness (QED) is 0.712. The van der Waals surface area contributed by atoms with Crippen LogP contribution in [-0.4, -0.2) is 49.3 Å². The molecule has 29 heavy (non-hydrogen) atoms. The molecule has 1 N–H and O–H groups in total. The summed E-state index contributed by atoms with van der Waals surface area (Å²) in [5.74, 6) is -0.882. The maximum atomic E-state index is 12.3. The SMILES string of the molecule is COC(=O)C(C)[C@@H](CN(C)Cc1cccc2ccccc12)NC(=O)OC(C)(C)C. The molecule has 0 fully saturated rings. The lowest BCUT2D eigenvalue weighted by Crippen LogP contribution is -2.50. The Morgan fingerprint density at radius 3 is 2.41 bits per heavy atom. The van der Waals surface area contributed by atoms with E-state index < -0.39 is 23.7 Å². The average molecular weight is 401 g/mol. The molecule has 0 aromatic heterocycles. The van der Waals surface area contributed by atoms with E-state index >= 15 is 0 Å². The fraction of sp³-hybridized carbons (Fsp3) is 0.478. The lowest BCUT2D eigenvalue weighted by atomic mass is 10.0. The van der Waals surface area contributed by atoms with Crippen LogP contribution in [-0.2, 0) is 20.8 Å². The Labute approximate surface area is 173 Å². The molecule has 2 atom stereocenters. The molecule has 0 saturated carbocycles. The number of rotatable bonds is 7. The highest BCUT2D eigenvalue weighted by Gasteiger charge is 2.29. The van der Waals surface area contributed by atoms with Gasteiger partial charge in [-0.05, 0) is 51.1 Å². The van der Waals surface area contributed by atoms with Crippen LogP contribution in [0.25, 0.3) is 10.8 Å². The first-order valence-corrected chi connectivity index (χ1v) is 9.83. The van der Waals surface area contributed by atoms with Gasteiger partial charge in [0.2, 0.25) is 0 Å². The molecule has 2 aromatic rings. The second-order valence-electron chi connectivity index (χ2n) is 8.40. The summed E-state index contributed by atoms with van der Waals surface area (Å²) < 4.78 is 10.3. The standard InChI is InChI=1S/C23H32N2O4/c1-16(21(26)28-6)20(24-22(27)29-23(2,3)4)15-25(5)14-18-12-9-11-17-10-7-8-13-19(17)18/h7-13,16,20H,14-15H2,1-6H3,(H,24,27)/t16?,20-/m1/s1. The fourth-order valence-electron chi connectivity index (χ4n) is 3.26. The fourth-order valence-corrected chi connectivity index (χ4v) is 3.26. The molecule has 0 radical (unpaired) electrons. The molecule has 1 unspecified atom stereocenters. The van der Waals surface area contributed by atoms with Gasteiger partial charge in [0.15, 0.2) is 0 Å². The van der Waals surface area contributed by atoms with Gasteiger partial charge in [0.1, 0.15) is 5.60 Å². The lowest BCUT2D eigenvalue weighted by Gasteiger charge is -2.29. The normalized spacial score (nSPS) is 13.8. The molecule has 2 aromatic carbocycles. The second kappa shape index (κ2) is 9.74. The summed E-state index contributed by atoms with van der Waals surface area (Å²) in [6.45, 7) is 8.31. The topological polar surface area (TPSA) is 67.9 Å². The van der Waals surface area contributed by atoms with Gasteiger partial charge in [0.05, 0.1) is 19.1 Å². The number of likely N-dealkylation sites (N-methyl/N-ethyl adjacent to an activating group) is 1.